The van der Waals surface area contributed by atoms with Crippen molar-refractivity contribution in [3.8, 4) is 5.75 Å². The average molecular weight is 403 g/mol. The zero-order valence-electron chi connectivity index (χ0n) is 15.0. The van der Waals surface area contributed by atoms with E-state index in [4.69, 9.17) is 4.74 Å². The molecule has 2 aromatic rings. The molecule has 0 spiro atoms. The van der Waals surface area contributed by atoms with Crippen molar-refractivity contribution in [2.75, 3.05) is 6.61 Å². The molecule has 1 N–H and O–H groups in total. The first-order chi connectivity index (χ1) is 11.9. The van der Waals surface area contributed by atoms with Gasteiger partial charge in [-0.2, -0.15) is 5.10 Å². The molecule has 132 valence electrons. The van der Waals surface area contributed by atoms with Crippen molar-refractivity contribution < 1.29 is 9.53 Å². The van der Waals surface area contributed by atoms with E-state index in [1.807, 2.05) is 44.2 Å². The highest BCUT2D eigenvalue weighted by Gasteiger charge is 2.06. The normalized spacial score (nSPS) is 11.5. The number of aryl methyl sites for hydroxylation is 1. The van der Waals surface area contributed by atoms with Crippen molar-refractivity contribution in [1.29, 1.82) is 0 Å². The summed E-state index contributed by atoms with van der Waals surface area (Å²) in [7, 11) is 0. The van der Waals surface area contributed by atoms with Crippen LogP contribution in [0.15, 0.2) is 52.0 Å². The number of carbonyl (C=O) groups excluding carboxylic acids is 1. The molecule has 25 heavy (non-hydrogen) atoms. The number of ether oxygens (including phenoxy) is 1. The van der Waals surface area contributed by atoms with Crippen molar-refractivity contribution in [3.05, 3.63) is 63.6 Å². The lowest BCUT2D eigenvalue weighted by Crippen LogP contribution is -2.25. The number of carbonyl (C=O) groups is 1. The van der Waals surface area contributed by atoms with Crippen molar-refractivity contribution in [2.45, 2.75) is 33.6 Å². The van der Waals surface area contributed by atoms with Gasteiger partial charge in [0.1, 0.15) is 5.75 Å². The van der Waals surface area contributed by atoms with Gasteiger partial charge in [0.05, 0.1) is 10.2 Å². The van der Waals surface area contributed by atoms with Crippen LogP contribution in [-0.2, 0) is 4.79 Å². The maximum atomic E-state index is 11.9. The number of nitrogens with zero attached hydrogens (tertiary/aromatic N) is 1. The molecule has 0 saturated heterocycles. The van der Waals surface area contributed by atoms with Gasteiger partial charge in [-0.05, 0) is 64.5 Å². The Balaban J connectivity index is 1.90. The summed E-state index contributed by atoms with van der Waals surface area (Å²) in [5.74, 6) is 0.820. The van der Waals surface area contributed by atoms with E-state index in [0.29, 0.717) is 11.7 Å². The molecule has 0 heterocycles. The maximum absolute atomic E-state index is 11.9. The van der Waals surface area contributed by atoms with E-state index < -0.39 is 0 Å². The van der Waals surface area contributed by atoms with Gasteiger partial charge in [0.2, 0.25) is 0 Å². The number of hydrazone groups is 1. The van der Waals surface area contributed by atoms with E-state index >= 15 is 0 Å². The van der Waals surface area contributed by atoms with Crippen LogP contribution in [-0.4, -0.2) is 18.2 Å². The van der Waals surface area contributed by atoms with Gasteiger partial charge in [-0.1, -0.05) is 44.2 Å². The Hall–Kier alpha value is -2.14. The predicted octanol–water partition coefficient (Wildman–Crippen LogP) is 4.80. The van der Waals surface area contributed by atoms with Gasteiger partial charge in [-0.3, -0.25) is 4.79 Å². The van der Waals surface area contributed by atoms with E-state index in [0.717, 1.165) is 21.3 Å². The van der Waals surface area contributed by atoms with Crippen LogP contribution < -0.4 is 10.2 Å². The van der Waals surface area contributed by atoms with Crippen LogP contribution in [0.1, 0.15) is 43.4 Å². The summed E-state index contributed by atoms with van der Waals surface area (Å²) >= 11 is 3.42. The molecule has 4 nitrogen and oxygen atoms in total. The van der Waals surface area contributed by atoms with Crippen molar-refractivity contribution in [1.82, 2.24) is 5.43 Å². The first kappa shape index (κ1) is 19.2. The van der Waals surface area contributed by atoms with Gasteiger partial charge < -0.3 is 4.74 Å². The molecule has 0 aromatic heterocycles. The summed E-state index contributed by atoms with van der Waals surface area (Å²) in [4.78, 5) is 11.9. The van der Waals surface area contributed by atoms with E-state index in [1.165, 1.54) is 5.56 Å². The Bertz CT molecular complexity index is 768. The lowest BCUT2D eigenvalue weighted by molar-refractivity contribution is -0.123. The number of hydrogen-bond donors (Lipinski definition) is 1. The minimum Gasteiger partial charge on any atom is -0.483 e. The maximum Gasteiger partial charge on any atom is 0.277 e. The molecule has 5 heteroatoms. The molecule has 0 radical (unpaired) electrons. The second-order valence-corrected chi connectivity index (χ2v) is 7.09. The molecule has 0 aliphatic heterocycles. The third-order valence-corrected chi connectivity index (χ3v) is 4.41. The molecule has 0 bridgehead atoms. The van der Waals surface area contributed by atoms with Crippen LogP contribution >= 0.6 is 15.9 Å². The molecule has 0 aliphatic rings. The molecule has 0 unspecified atom stereocenters. The van der Waals surface area contributed by atoms with Gasteiger partial charge in [-0.15, -0.1) is 0 Å². The standard InChI is InChI=1S/C20H23BrN2O2/c1-13(2)16-6-8-17(9-7-16)15(4)22-23-20(24)12-25-19-10-5-14(3)11-18(19)21/h5-11,13H,12H2,1-4H3,(H,23,24)/b22-15-. The molecular formula is C20H23BrN2O2. The monoisotopic (exact) mass is 402 g/mol. The lowest BCUT2D eigenvalue weighted by Gasteiger charge is -2.09. The fourth-order valence-corrected chi connectivity index (χ4v) is 2.83. The Morgan fingerprint density at radius 3 is 2.48 bits per heavy atom. The number of benzene rings is 2. The highest BCUT2D eigenvalue weighted by molar-refractivity contribution is 9.10. The minimum absolute atomic E-state index is 0.0925. The molecule has 0 fully saturated rings. The van der Waals surface area contributed by atoms with Crippen LogP contribution in [0.5, 0.6) is 5.75 Å². The van der Waals surface area contributed by atoms with E-state index in [9.17, 15) is 4.79 Å². The third-order valence-electron chi connectivity index (χ3n) is 3.79. The second kappa shape index (κ2) is 8.81. The zero-order valence-corrected chi connectivity index (χ0v) is 16.6. The number of amides is 1. The van der Waals surface area contributed by atoms with Crippen LogP contribution in [0.3, 0.4) is 0 Å². The molecule has 2 aromatic carbocycles. The Kier molecular flexibility index (Phi) is 6.76. The average Bonchev–Trinajstić information content (AvgIpc) is 2.59. The van der Waals surface area contributed by atoms with Crippen molar-refractivity contribution >= 4 is 27.5 Å². The smallest absolute Gasteiger partial charge is 0.277 e. The SMILES string of the molecule is C/C(=N/NC(=O)COc1ccc(C)cc1Br)c1ccc(C(C)C)cc1. The third kappa shape index (κ3) is 5.71. The summed E-state index contributed by atoms with van der Waals surface area (Å²) in [6.45, 7) is 8.07. The predicted molar refractivity (Wildman–Crippen MR) is 105 cm³/mol. The second-order valence-electron chi connectivity index (χ2n) is 6.23. The van der Waals surface area contributed by atoms with E-state index in [1.54, 1.807) is 0 Å². The molecule has 0 saturated carbocycles. The Morgan fingerprint density at radius 2 is 1.88 bits per heavy atom. The zero-order chi connectivity index (χ0) is 18.4. The number of rotatable bonds is 6. The fourth-order valence-electron chi connectivity index (χ4n) is 2.22. The van der Waals surface area contributed by atoms with Crippen molar-refractivity contribution in [3.63, 3.8) is 0 Å². The Labute approximate surface area is 157 Å². The van der Waals surface area contributed by atoms with Crippen LogP contribution in [0.4, 0.5) is 0 Å². The van der Waals surface area contributed by atoms with Crippen molar-refractivity contribution in [2.24, 2.45) is 5.10 Å². The van der Waals surface area contributed by atoms with Gasteiger partial charge in [0, 0.05) is 0 Å². The van der Waals surface area contributed by atoms with Gasteiger partial charge in [0.25, 0.3) is 5.91 Å². The summed E-state index contributed by atoms with van der Waals surface area (Å²) in [5, 5.41) is 4.14. The summed E-state index contributed by atoms with van der Waals surface area (Å²) < 4.78 is 6.33. The fraction of sp³-hybridized carbons (Fsp3) is 0.300. The Morgan fingerprint density at radius 1 is 1.20 bits per heavy atom. The van der Waals surface area contributed by atoms with Gasteiger partial charge in [0.15, 0.2) is 6.61 Å². The van der Waals surface area contributed by atoms with Gasteiger partial charge in [-0.25, -0.2) is 5.43 Å². The van der Waals surface area contributed by atoms with Crippen LogP contribution in [0, 0.1) is 6.92 Å². The summed E-state index contributed by atoms with van der Waals surface area (Å²) in [6.07, 6.45) is 0. The molecule has 2 rings (SSSR count). The van der Waals surface area contributed by atoms with Gasteiger partial charge >= 0.3 is 0 Å². The highest BCUT2D eigenvalue weighted by Crippen LogP contribution is 2.25. The van der Waals surface area contributed by atoms with E-state index in [-0.39, 0.29) is 12.5 Å². The number of hydrogen-bond acceptors (Lipinski definition) is 3. The largest absolute Gasteiger partial charge is 0.483 e. The molecule has 0 atom stereocenters. The highest BCUT2D eigenvalue weighted by atomic mass is 79.9. The summed E-state index contributed by atoms with van der Waals surface area (Å²) in [6, 6.07) is 13.9. The van der Waals surface area contributed by atoms with Crippen LogP contribution in [0.25, 0.3) is 0 Å². The minimum atomic E-state index is -0.300. The molecular weight excluding hydrogens is 380 g/mol. The lowest BCUT2D eigenvalue weighted by atomic mass is 10.0. The topological polar surface area (TPSA) is 50.7 Å². The summed E-state index contributed by atoms with van der Waals surface area (Å²) in [5.41, 5.74) is 6.65. The first-order valence-electron chi connectivity index (χ1n) is 8.19. The molecule has 0 aliphatic carbocycles. The number of nitrogens with one attached hydrogen (secondary N) is 1. The van der Waals surface area contributed by atoms with E-state index in [2.05, 4.69) is 52.4 Å². The number of halogens is 1. The molecule has 1 amide bonds. The quantitative estimate of drug-likeness (QED) is 0.557. The van der Waals surface area contributed by atoms with Crippen LogP contribution in [0.2, 0.25) is 0 Å². The first-order valence-corrected chi connectivity index (χ1v) is 8.98.